The van der Waals surface area contributed by atoms with Crippen molar-refractivity contribution in [2.24, 2.45) is 0 Å². The number of carbonyl (C=O) groups excluding carboxylic acids is 1. The Balaban J connectivity index is 1.77. The summed E-state index contributed by atoms with van der Waals surface area (Å²) in [7, 11) is 0. The SMILES string of the molecule is C[C@H]1C(=O)N(Cc2ccco2)C(=S)N1Cc1cccs1. The van der Waals surface area contributed by atoms with Crippen LogP contribution in [0, 0.1) is 0 Å². The molecule has 2 aromatic rings. The monoisotopic (exact) mass is 306 g/mol. The van der Waals surface area contributed by atoms with Gasteiger partial charge in [-0.15, -0.1) is 11.3 Å². The lowest BCUT2D eigenvalue weighted by Gasteiger charge is -2.21. The lowest BCUT2D eigenvalue weighted by Crippen LogP contribution is -2.32. The van der Waals surface area contributed by atoms with E-state index in [1.807, 2.05) is 35.4 Å². The first-order valence-corrected chi connectivity index (χ1v) is 7.62. The molecule has 1 atom stereocenters. The number of furan rings is 1. The third kappa shape index (κ3) is 2.36. The first-order valence-electron chi connectivity index (χ1n) is 6.33. The highest BCUT2D eigenvalue weighted by atomic mass is 32.1. The van der Waals surface area contributed by atoms with Crippen LogP contribution in [-0.4, -0.2) is 26.9 Å². The number of hydrogen-bond acceptors (Lipinski definition) is 4. The second kappa shape index (κ2) is 5.38. The van der Waals surface area contributed by atoms with E-state index in [1.54, 1.807) is 22.5 Å². The van der Waals surface area contributed by atoms with Crippen molar-refractivity contribution in [1.29, 1.82) is 0 Å². The molecule has 0 saturated carbocycles. The van der Waals surface area contributed by atoms with E-state index in [1.165, 1.54) is 4.88 Å². The molecule has 6 heteroatoms. The van der Waals surface area contributed by atoms with Gasteiger partial charge in [0.25, 0.3) is 5.91 Å². The third-order valence-electron chi connectivity index (χ3n) is 3.37. The first-order chi connectivity index (χ1) is 9.66. The number of carbonyl (C=O) groups is 1. The zero-order valence-electron chi connectivity index (χ0n) is 11.0. The average molecular weight is 306 g/mol. The van der Waals surface area contributed by atoms with Crippen LogP contribution in [0.25, 0.3) is 0 Å². The van der Waals surface area contributed by atoms with Gasteiger partial charge in [-0.1, -0.05) is 6.07 Å². The van der Waals surface area contributed by atoms with Gasteiger partial charge in [0.05, 0.1) is 19.4 Å². The van der Waals surface area contributed by atoms with E-state index >= 15 is 0 Å². The Kier molecular flexibility index (Phi) is 3.58. The van der Waals surface area contributed by atoms with Gasteiger partial charge in [0, 0.05) is 4.88 Å². The van der Waals surface area contributed by atoms with Crippen LogP contribution in [0.1, 0.15) is 17.6 Å². The summed E-state index contributed by atoms with van der Waals surface area (Å²) < 4.78 is 5.30. The summed E-state index contributed by atoms with van der Waals surface area (Å²) in [6, 6.07) is 7.50. The molecule has 0 bridgehead atoms. The van der Waals surface area contributed by atoms with Gasteiger partial charge < -0.3 is 9.32 Å². The fourth-order valence-electron chi connectivity index (χ4n) is 2.25. The van der Waals surface area contributed by atoms with Crippen LogP contribution in [-0.2, 0) is 17.9 Å². The van der Waals surface area contributed by atoms with Crippen LogP contribution in [0.4, 0.5) is 0 Å². The van der Waals surface area contributed by atoms with Gasteiger partial charge >= 0.3 is 0 Å². The largest absolute Gasteiger partial charge is 0.467 e. The standard InChI is InChI=1S/C14H14N2O2S2/c1-10-13(17)16(8-11-4-2-6-18-11)14(19)15(10)9-12-5-3-7-20-12/h2-7,10H,8-9H2,1H3/t10-/m0/s1. The van der Waals surface area contributed by atoms with E-state index in [0.29, 0.717) is 18.2 Å². The Morgan fingerprint density at radius 1 is 1.35 bits per heavy atom. The van der Waals surface area contributed by atoms with Crippen molar-refractivity contribution in [3.63, 3.8) is 0 Å². The molecule has 104 valence electrons. The number of hydrogen-bond donors (Lipinski definition) is 0. The van der Waals surface area contributed by atoms with Crippen LogP contribution in [0.15, 0.2) is 40.3 Å². The van der Waals surface area contributed by atoms with Crippen molar-refractivity contribution >= 4 is 34.6 Å². The maximum atomic E-state index is 12.3. The topological polar surface area (TPSA) is 36.7 Å². The van der Waals surface area contributed by atoms with Crippen LogP contribution >= 0.6 is 23.6 Å². The summed E-state index contributed by atoms with van der Waals surface area (Å²) in [4.78, 5) is 17.1. The summed E-state index contributed by atoms with van der Waals surface area (Å²) in [5.74, 6) is 0.772. The molecule has 0 aromatic carbocycles. The van der Waals surface area contributed by atoms with Crippen molar-refractivity contribution in [3.05, 3.63) is 46.5 Å². The zero-order chi connectivity index (χ0) is 14.1. The first kappa shape index (κ1) is 13.3. The molecule has 1 aliphatic heterocycles. The van der Waals surface area contributed by atoms with Gasteiger partial charge in [0.1, 0.15) is 11.8 Å². The summed E-state index contributed by atoms with van der Waals surface area (Å²) in [5.41, 5.74) is 0. The molecule has 0 unspecified atom stereocenters. The van der Waals surface area contributed by atoms with Crippen molar-refractivity contribution < 1.29 is 9.21 Å². The number of nitrogens with zero attached hydrogens (tertiary/aromatic N) is 2. The normalized spacial score (nSPS) is 19.1. The minimum absolute atomic E-state index is 0.0305. The van der Waals surface area contributed by atoms with Crippen LogP contribution in [0.2, 0.25) is 0 Å². The van der Waals surface area contributed by atoms with Gasteiger partial charge in [-0.25, -0.2) is 0 Å². The molecule has 0 radical (unpaired) electrons. The Hall–Kier alpha value is -1.66. The van der Waals surface area contributed by atoms with E-state index in [4.69, 9.17) is 16.6 Å². The number of rotatable bonds is 4. The second-order valence-corrected chi connectivity index (χ2v) is 6.07. The maximum Gasteiger partial charge on any atom is 0.251 e. The molecule has 0 aliphatic carbocycles. The Labute approximate surface area is 126 Å². The molecule has 20 heavy (non-hydrogen) atoms. The Morgan fingerprint density at radius 3 is 2.85 bits per heavy atom. The van der Waals surface area contributed by atoms with E-state index in [0.717, 1.165) is 5.76 Å². The van der Waals surface area contributed by atoms with Crippen LogP contribution < -0.4 is 0 Å². The molecule has 2 aromatic heterocycles. The second-order valence-electron chi connectivity index (χ2n) is 4.67. The van der Waals surface area contributed by atoms with Crippen molar-refractivity contribution in [2.75, 3.05) is 0 Å². The molecule has 0 N–H and O–H groups in total. The molecule has 3 heterocycles. The smallest absolute Gasteiger partial charge is 0.251 e. The lowest BCUT2D eigenvalue weighted by molar-refractivity contribution is -0.128. The van der Waals surface area contributed by atoms with Crippen molar-refractivity contribution in [2.45, 2.75) is 26.1 Å². The zero-order valence-corrected chi connectivity index (χ0v) is 12.6. The highest BCUT2D eigenvalue weighted by molar-refractivity contribution is 7.80. The molecule has 0 spiro atoms. The number of amides is 1. The molecule has 1 saturated heterocycles. The molecule has 4 nitrogen and oxygen atoms in total. The van der Waals surface area contributed by atoms with E-state index < -0.39 is 0 Å². The van der Waals surface area contributed by atoms with Crippen molar-refractivity contribution in [3.8, 4) is 0 Å². The minimum atomic E-state index is -0.223. The van der Waals surface area contributed by atoms with Crippen molar-refractivity contribution in [1.82, 2.24) is 9.80 Å². The summed E-state index contributed by atoms with van der Waals surface area (Å²) in [5, 5.41) is 2.61. The quantitative estimate of drug-likeness (QED) is 0.814. The molecule has 1 amide bonds. The summed E-state index contributed by atoms with van der Waals surface area (Å²) >= 11 is 7.13. The fourth-order valence-corrected chi connectivity index (χ4v) is 3.33. The van der Waals surface area contributed by atoms with Gasteiger partial charge in [-0.3, -0.25) is 9.69 Å². The summed E-state index contributed by atoms with van der Waals surface area (Å²) in [6.07, 6.45) is 1.60. The van der Waals surface area contributed by atoms with E-state index in [2.05, 4.69) is 6.07 Å². The molecular formula is C14H14N2O2S2. The summed E-state index contributed by atoms with van der Waals surface area (Å²) in [6.45, 7) is 2.97. The Bertz CT molecular complexity index is 607. The maximum absolute atomic E-state index is 12.3. The molecule has 3 rings (SSSR count). The van der Waals surface area contributed by atoms with Crippen LogP contribution in [0.3, 0.4) is 0 Å². The third-order valence-corrected chi connectivity index (χ3v) is 4.68. The Morgan fingerprint density at radius 2 is 2.20 bits per heavy atom. The van der Waals surface area contributed by atoms with E-state index in [-0.39, 0.29) is 11.9 Å². The minimum Gasteiger partial charge on any atom is -0.467 e. The number of thiophene rings is 1. The van der Waals surface area contributed by atoms with Crippen LogP contribution in [0.5, 0.6) is 0 Å². The predicted molar refractivity (Wildman–Crippen MR) is 81.2 cm³/mol. The predicted octanol–water partition coefficient (Wildman–Crippen LogP) is 2.86. The molecule has 1 fully saturated rings. The lowest BCUT2D eigenvalue weighted by atomic mass is 10.3. The molecular weight excluding hydrogens is 292 g/mol. The highest BCUT2D eigenvalue weighted by Gasteiger charge is 2.39. The average Bonchev–Trinajstić information content (AvgIpc) is 3.15. The van der Waals surface area contributed by atoms with Gasteiger partial charge in [0.2, 0.25) is 0 Å². The van der Waals surface area contributed by atoms with Gasteiger partial charge in [-0.05, 0) is 42.7 Å². The highest BCUT2D eigenvalue weighted by Crippen LogP contribution is 2.24. The number of thiocarbonyl (C=S) groups is 1. The van der Waals surface area contributed by atoms with Gasteiger partial charge in [0.15, 0.2) is 5.11 Å². The molecule has 1 aliphatic rings. The van der Waals surface area contributed by atoms with E-state index in [9.17, 15) is 4.79 Å². The fraction of sp³-hybridized carbons (Fsp3) is 0.286. The van der Waals surface area contributed by atoms with Gasteiger partial charge in [-0.2, -0.15) is 0 Å².